The summed E-state index contributed by atoms with van der Waals surface area (Å²) in [4.78, 5) is 23.1. The Hall–Kier alpha value is -1.73. The zero-order valence-corrected chi connectivity index (χ0v) is 13.4. The first-order valence-corrected chi connectivity index (χ1v) is 8.37. The summed E-state index contributed by atoms with van der Waals surface area (Å²) in [5.74, 6) is 2.48. The van der Waals surface area contributed by atoms with Crippen molar-refractivity contribution in [3.63, 3.8) is 0 Å². The van der Waals surface area contributed by atoms with Crippen molar-refractivity contribution in [3.8, 4) is 5.75 Å². The van der Waals surface area contributed by atoms with Crippen LogP contribution in [0.25, 0.3) is 0 Å². The molecule has 22 heavy (non-hydrogen) atoms. The molecular weight excluding hydrogens is 302 g/mol. The minimum absolute atomic E-state index is 0.000899. The number of carbonyl (C=O) groups is 2. The molecule has 1 heterocycles. The molecule has 1 atom stereocenters. The van der Waals surface area contributed by atoms with E-state index in [-0.39, 0.29) is 24.5 Å². The van der Waals surface area contributed by atoms with Gasteiger partial charge < -0.3 is 20.7 Å². The average Bonchev–Trinajstić information content (AvgIpc) is 2.54. The SMILES string of the molecule is CNC(=O)COc1ccc(NC(=O)CC2CSCCN2)cc1. The molecule has 7 heteroatoms. The van der Waals surface area contributed by atoms with Gasteiger partial charge in [0.25, 0.3) is 5.91 Å². The van der Waals surface area contributed by atoms with Crippen LogP contribution in [-0.4, -0.2) is 49.6 Å². The molecule has 6 nitrogen and oxygen atoms in total. The summed E-state index contributed by atoms with van der Waals surface area (Å²) in [5.41, 5.74) is 0.723. The van der Waals surface area contributed by atoms with Gasteiger partial charge in [-0.1, -0.05) is 0 Å². The third-order valence-electron chi connectivity index (χ3n) is 3.22. The van der Waals surface area contributed by atoms with Gasteiger partial charge in [0, 0.05) is 43.2 Å². The van der Waals surface area contributed by atoms with Crippen molar-refractivity contribution in [2.75, 3.05) is 37.0 Å². The Balaban J connectivity index is 1.77. The van der Waals surface area contributed by atoms with Crippen LogP contribution in [0.4, 0.5) is 5.69 Å². The summed E-state index contributed by atoms with van der Waals surface area (Å²) in [6.45, 7) is 0.938. The Kier molecular flexibility index (Phi) is 6.54. The minimum atomic E-state index is -0.185. The predicted molar refractivity (Wildman–Crippen MR) is 88.4 cm³/mol. The molecule has 1 aliphatic heterocycles. The lowest BCUT2D eigenvalue weighted by Gasteiger charge is -2.22. The van der Waals surface area contributed by atoms with Gasteiger partial charge in [-0.15, -0.1) is 0 Å². The molecule has 3 N–H and O–H groups in total. The highest BCUT2D eigenvalue weighted by molar-refractivity contribution is 7.99. The first-order valence-electron chi connectivity index (χ1n) is 7.22. The Morgan fingerprint density at radius 3 is 2.73 bits per heavy atom. The number of ether oxygens (including phenoxy) is 1. The number of nitrogens with one attached hydrogen (secondary N) is 3. The van der Waals surface area contributed by atoms with E-state index in [0.29, 0.717) is 12.2 Å². The van der Waals surface area contributed by atoms with Crippen LogP contribution in [0, 0.1) is 0 Å². The van der Waals surface area contributed by atoms with E-state index in [4.69, 9.17) is 4.74 Å². The van der Waals surface area contributed by atoms with Gasteiger partial charge in [-0.2, -0.15) is 11.8 Å². The molecule has 1 aromatic carbocycles. The third-order valence-corrected chi connectivity index (χ3v) is 4.35. The van der Waals surface area contributed by atoms with E-state index in [1.165, 1.54) is 0 Å². The number of amides is 2. The van der Waals surface area contributed by atoms with Crippen molar-refractivity contribution in [2.24, 2.45) is 0 Å². The normalized spacial score (nSPS) is 17.6. The van der Waals surface area contributed by atoms with Gasteiger partial charge in [0.2, 0.25) is 5.91 Å². The third kappa shape index (κ3) is 5.57. The zero-order valence-electron chi connectivity index (χ0n) is 12.6. The van der Waals surface area contributed by atoms with E-state index in [0.717, 1.165) is 23.7 Å². The molecule has 0 saturated carbocycles. The molecule has 0 aliphatic carbocycles. The van der Waals surface area contributed by atoms with Crippen molar-refractivity contribution >= 4 is 29.3 Å². The van der Waals surface area contributed by atoms with E-state index in [9.17, 15) is 9.59 Å². The Bertz CT molecular complexity index is 501. The van der Waals surface area contributed by atoms with Crippen LogP contribution in [0.15, 0.2) is 24.3 Å². The fraction of sp³-hybridized carbons (Fsp3) is 0.467. The number of thioether (sulfide) groups is 1. The maximum Gasteiger partial charge on any atom is 0.257 e. The highest BCUT2D eigenvalue weighted by Crippen LogP contribution is 2.16. The summed E-state index contributed by atoms with van der Waals surface area (Å²) < 4.78 is 5.30. The fourth-order valence-electron chi connectivity index (χ4n) is 2.04. The van der Waals surface area contributed by atoms with E-state index in [2.05, 4.69) is 16.0 Å². The lowest BCUT2D eigenvalue weighted by atomic mass is 10.2. The van der Waals surface area contributed by atoms with Gasteiger partial charge in [0.05, 0.1) is 0 Å². The maximum absolute atomic E-state index is 12.0. The fourth-order valence-corrected chi connectivity index (χ4v) is 2.99. The first kappa shape index (κ1) is 16.6. The summed E-state index contributed by atoms with van der Waals surface area (Å²) in [5, 5.41) is 8.69. The van der Waals surface area contributed by atoms with Gasteiger partial charge in [-0.25, -0.2) is 0 Å². The largest absolute Gasteiger partial charge is 0.484 e. The van der Waals surface area contributed by atoms with Crippen LogP contribution in [-0.2, 0) is 9.59 Å². The number of hydrogen-bond donors (Lipinski definition) is 3. The highest BCUT2D eigenvalue weighted by Gasteiger charge is 2.16. The number of benzene rings is 1. The molecule has 0 spiro atoms. The number of hydrogen-bond acceptors (Lipinski definition) is 5. The second-order valence-electron chi connectivity index (χ2n) is 4.96. The second-order valence-corrected chi connectivity index (χ2v) is 6.11. The van der Waals surface area contributed by atoms with Crippen molar-refractivity contribution < 1.29 is 14.3 Å². The number of likely N-dealkylation sites (N-methyl/N-ethyl adjacent to an activating group) is 1. The Labute approximate surface area is 134 Å². The Morgan fingerprint density at radius 1 is 1.32 bits per heavy atom. The van der Waals surface area contributed by atoms with Crippen LogP contribution >= 0.6 is 11.8 Å². The standard InChI is InChI=1S/C15H21N3O3S/c1-16-15(20)9-21-13-4-2-11(3-5-13)18-14(19)8-12-10-22-7-6-17-12/h2-5,12,17H,6-10H2,1H3,(H,16,20)(H,18,19). The lowest BCUT2D eigenvalue weighted by molar-refractivity contribution is -0.122. The van der Waals surface area contributed by atoms with Crippen LogP contribution < -0.4 is 20.7 Å². The molecule has 0 radical (unpaired) electrons. The predicted octanol–water partition coefficient (Wildman–Crippen LogP) is 0.845. The van der Waals surface area contributed by atoms with Gasteiger partial charge in [-0.3, -0.25) is 9.59 Å². The smallest absolute Gasteiger partial charge is 0.257 e. The van der Waals surface area contributed by atoms with Gasteiger partial charge in [-0.05, 0) is 24.3 Å². The maximum atomic E-state index is 12.0. The molecule has 120 valence electrons. The van der Waals surface area contributed by atoms with Crippen molar-refractivity contribution in [1.82, 2.24) is 10.6 Å². The highest BCUT2D eigenvalue weighted by atomic mass is 32.2. The first-order chi connectivity index (χ1) is 10.7. The Morgan fingerprint density at radius 2 is 2.09 bits per heavy atom. The molecule has 1 aliphatic rings. The van der Waals surface area contributed by atoms with Crippen LogP contribution in [0.1, 0.15) is 6.42 Å². The monoisotopic (exact) mass is 323 g/mol. The van der Waals surface area contributed by atoms with Crippen LogP contribution in [0.2, 0.25) is 0 Å². The van der Waals surface area contributed by atoms with Crippen molar-refractivity contribution in [2.45, 2.75) is 12.5 Å². The molecule has 0 aromatic heterocycles. The van der Waals surface area contributed by atoms with E-state index in [1.807, 2.05) is 11.8 Å². The summed E-state index contributed by atoms with van der Waals surface area (Å²) >= 11 is 1.87. The van der Waals surface area contributed by atoms with Crippen LogP contribution in [0.3, 0.4) is 0 Å². The minimum Gasteiger partial charge on any atom is -0.484 e. The van der Waals surface area contributed by atoms with Gasteiger partial charge in [0.15, 0.2) is 6.61 Å². The van der Waals surface area contributed by atoms with Gasteiger partial charge >= 0.3 is 0 Å². The topological polar surface area (TPSA) is 79.5 Å². The van der Waals surface area contributed by atoms with Crippen molar-refractivity contribution in [1.29, 1.82) is 0 Å². The molecule has 1 aromatic rings. The molecular formula is C15H21N3O3S. The number of carbonyl (C=O) groups excluding carboxylic acids is 2. The summed E-state index contributed by atoms with van der Waals surface area (Å²) in [6, 6.07) is 7.23. The summed E-state index contributed by atoms with van der Waals surface area (Å²) in [6.07, 6.45) is 0.474. The van der Waals surface area contributed by atoms with E-state index >= 15 is 0 Å². The molecule has 1 unspecified atom stereocenters. The van der Waals surface area contributed by atoms with E-state index < -0.39 is 0 Å². The molecule has 1 saturated heterocycles. The van der Waals surface area contributed by atoms with Gasteiger partial charge in [0.1, 0.15) is 5.75 Å². The average molecular weight is 323 g/mol. The van der Waals surface area contributed by atoms with E-state index in [1.54, 1.807) is 31.3 Å². The lowest BCUT2D eigenvalue weighted by Crippen LogP contribution is -2.39. The molecule has 0 bridgehead atoms. The zero-order chi connectivity index (χ0) is 15.8. The quantitative estimate of drug-likeness (QED) is 0.723. The molecule has 2 rings (SSSR count). The number of rotatable bonds is 6. The van der Waals surface area contributed by atoms with Crippen LogP contribution in [0.5, 0.6) is 5.75 Å². The number of anilines is 1. The molecule has 2 amide bonds. The second kappa shape index (κ2) is 8.65. The van der Waals surface area contributed by atoms with Crippen molar-refractivity contribution in [3.05, 3.63) is 24.3 Å². The summed E-state index contributed by atoms with van der Waals surface area (Å²) in [7, 11) is 1.56. The molecule has 1 fully saturated rings.